The van der Waals surface area contributed by atoms with E-state index in [1.807, 2.05) is 5.32 Å². The number of alkyl halides is 6. The Kier molecular flexibility index (Phi) is 5.68. The van der Waals surface area contributed by atoms with Crippen molar-refractivity contribution in [3.05, 3.63) is 39.4 Å². The second-order valence-corrected chi connectivity index (χ2v) is 5.86. The van der Waals surface area contributed by atoms with Crippen molar-refractivity contribution in [3.63, 3.8) is 0 Å². The van der Waals surface area contributed by atoms with E-state index in [0.717, 1.165) is 6.07 Å². The Labute approximate surface area is 148 Å². The fraction of sp³-hybridized carbons (Fsp3) is 0.533. The van der Waals surface area contributed by atoms with Gasteiger partial charge < -0.3 is 4.74 Å². The first-order valence-corrected chi connectivity index (χ1v) is 7.71. The maximum Gasteiger partial charge on any atom is 0.423 e. The summed E-state index contributed by atoms with van der Waals surface area (Å²) in [6.07, 6.45) is -10.4. The molecule has 1 unspecified atom stereocenters. The fourth-order valence-corrected chi connectivity index (χ4v) is 3.02. The number of halogens is 6. The average Bonchev–Trinajstić information content (AvgIpc) is 2.99. The minimum absolute atomic E-state index is 0.0753. The van der Waals surface area contributed by atoms with Crippen molar-refractivity contribution in [2.24, 2.45) is 0 Å². The molecule has 1 aromatic rings. The van der Waals surface area contributed by atoms with Gasteiger partial charge in [0.25, 0.3) is 5.69 Å². The van der Waals surface area contributed by atoms with Crippen LogP contribution in [0, 0.1) is 10.1 Å². The molecule has 1 saturated heterocycles. The van der Waals surface area contributed by atoms with Gasteiger partial charge in [-0.25, -0.2) is 0 Å². The van der Waals surface area contributed by atoms with Crippen molar-refractivity contribution < 1.29 is 40.8 Å². The SMILES string of the molecule is CCOC(=O)[C@@H]1CC(c2ccc([N+](=O)[O-])c(C(F)(F)F)c2)[C@H](C(F)(F)F)N1. The van der Waals surface area contributed by atoms with Crippen molar-refractivity contribution in [3.8, 4) is 0 Å². The van der Waals surface area contributed by atoms with E-state index < -0.39 is 64.5 Å². The normalized spacial score (nSPS) is 23.3. The first kappa shape index (κ1) is 20.9. The van der Waals surface area contributed by atoms with Crippen LogP contribution in [0.1, 0.15) is 30.4 Å². The van der Waals surface area contributed by atoms with Gasteiger partial charge in [0.15, 0.2) is 0 Å². The molecule has 1 aliphatic rings. The van der Waals surface area contributed by atoms with Gasteiger partial charge in [-0.3, -0.25) is 20.2 Å². The molecule has 0 aromatic heterocycles. The number of esters is 1. The molecule has 150 valence electrons. The Morgan fingerprint density at radius 3 is 2.41 bits per heavy atom. The van der Waals surface area contributed by atoms with E-state index in [4.69, 9.17) is 0 Å². The summed E-state index contributed by atoms with van der Waals surface area (Å²) < 4.78 is 83.9. The molecule has 0 amide bonds. The number of benzene rings is 1. The minimum Gasteiger partial charge on any atom is -0.465 e. The van der Waals surface area contributed by atoms with Gasteiger partial charge >= 0.3 is 18.3 Å². The number of hydrogen-bond acceptors (Lipinski definition) is 5. The lowest BCUT2D eigenvalue weighted by Gasteiger charge is -2.23. The van der Waals surface area contributed by atoms with Gasteiger partial charge in [0, 0.05) is 12.0 Å². The quantitative estimate of drug-likeness (QED) is 0.362. The summed E-state index contributed by atoms with van der Waals surface area (Å²) in [5.41, 5.74) is -3.32. The van der Waals surface area contributed by atoms with Crippen molar-refractivity contribution >= 4 is 11.7 Å². The van der Waals surface area contributed by atoms with Crippen molar-refractivity contribution in [1.82, 2.24) is 5.32 Å². The van der Waals surface area contributed by atoms with Gasteiger partial charge in [-0.2, -0.15) is 26.3 Å². The fourth-order valence-electron chi connectivity index (χ4n) is 3.02. The van der Waals surface area contributed by atoms with E-state index in [-0.39, 0.29) is 6.61 Å². The zero-order chi connectivity index (χ0) is 20.6. The van der Waals surface area contributed by atoms with Gasteiger partial charge in [0.2, 0.25) is 0 Å². The number of ether oxygens (including phenoxy) is 1. The summed E-state index contributed by atoms with van der Waals surface area (Å²) in [6, 6.07) is -1.97. The van der Waals surface area contributed by atoms with Crippen LogP contribution in [0.5, 0.6) is 0 Å². The molecular weight excluding hydrogens is 386 g/mol. The van der Waals surface area contributed by atoms with E-state index in [0.29, 0.717) is 12.1 Å². The smallest absolute Gasteiger partial charge is 0.423 e. The Morgan fingerprint density at radius 2 is 1.93 bits per heavy atom. The van der Waals surface area contributed by atoms with Crippen LogP contribution in [0.2, 0.25) is 0 Å². The van der Waals surface area contributed by atoms with Crippen LogP contribution in [0.4, 0.5) is 32.0 Å². The highest BCUT2D eigenvalue weighted by Gasteiger charge is 2.53. The Morgan fingerprint density at radius 1 is 1.30 bits per heavy atom. The summed E-state index contributed by atoms with van der Waals surface area (Å²) in [7, 11) is 0. The van der Waals surface area contributed by atoms with Crippen molar-refractivity contribution in [2.45, 2.75) is 43.7 Å². The molecule has 0 spiro atoms. The van der Waals surface area contributed by atoms with Gasteiger partial charge in [-0.1, -0.05) is 6.07 Å². The molecule has 3 atom stereocenters. The van der Waals surface area contributed by atoms with E-state index in [1.54, 1.807) is 0 Å². The zero-order valence-corrected chi connectivity index (χ0v) is 13.7. The van der Waals surface area contributed by atoms with E-state index >= 15 is 0 Å². The molecule has 0 aliphatic carbocycles. The van der Waals surface area contributed by atoms with Crippen LogP contribution in [-0.4, -0.2) is 35.8 Å². The third-order valence-electron chi connectivity index (χ3n) is 4.15. The molecule has 1 aliphatic heterocycles. The van der Waals surface area contributed by atoms with Gasteiger partial charge in [-0.15, -0.1) is 0 Å². The Hall–Kier alpha value is -2.37. The van der Waals surface area contributed by atoms with E-state index in [9.17, 15) is 41.3 Å². The van der Waals surface area contributed by atoms with Crippen LogP contribution < -0.4 is 5.32 Å². The van der Waals surface area contributed by atoms with E-state index in [2.05, 4.69) is 4.74 Å². The number of nitro benzene ring substituents is 1. The molecule has 0 radical (unpaired) electrons. The minimum atomic E-state index is -5.13. The highest BCUT2D eigenvalue weighted by Crippen LogP contribution is 2.43. The van der Waals surface area contributed by atoms with Crippen LogP contribution >= 0.6 is 0 Å². The number of nitrogens with zero attached hydrogens (tertiary/aromatic N) is 1. The van der Waals surface area contributed by atoms with Crippen LogP contribution in [-0.2, 0) is 15.7 Å². The first-order chi connectivity index (χ1) is 12.4. The summed E-state index contributed by atoms with van der Waals surface area (Å²) >= 11 is 0. The van der Waals surface area contributed by atoms with Crippen LogP contribution in [0.25, 0.3) is 0 Å². The Balaban J connectivity index is 2.47. The van der Waals surface area contributed by atoms with Gasteiger partial charge in [0.1, 0.15) is 17.6 Å². The molecule has 1 N–H and O–H groups in total. The lowest BCUT2D eigenvalue weighted by molar-refractivity contribution is -0.388. The summed E-state index contributed by atoms with van der Waals surface area (Å²) in [6.45, 7) is 1.38. The maximum atomic E-state index is 13.3. The standard InChI is InChI=1S/C15H14F6N2O4/c1-2-27-13(24)10-6-8(12(22-10)15(19,20)21)7-3-4-11(23(25)26)9(5-7)14(16,17)18/h3-5,8,10,12,22H,2,6H2,1H3/t8?,10-,12+/m0/s1. The second-order valence-electron chi connectivity index (χ2n) is 5.86. The number of carbonyl (C=O) groups is 1. The average molecular weight is 400 g/mol. The van der Waals surface area contributed by atoms with Gasteiger partial charge in [0.05, 0.1) is 11.5 Å². The molecular formula is C15H14F6N2O4. The molecule has 0 bridgehead atoms. The van der Waals surface area contributed by atoms with Gasteiger partial charge in [-0.05, 0) is 25.0 Å². The highest BCUT2D eigenvalue weighted by molar-refractivity contribution is 5.76. The van der Waals surface area contributed by atoms with Crippen LogP contribution in [0.15, 0.2) is 18.2 Å². The summed E-state index contributed by atoms with van der Waals surface area (Å²) in [5.74, 6) is -2.49. The molecule has 1 aromatic carbocycles. The molecule has 27 heavy (non-hydrogen) atoms. The largest absolute Gasteiger partial charge is 0.465 e. The monoisotopic (exact) mass is 400 g/mol. The number of carbonyl (C=O) groups excluding carboxylic acids is 1. The number of nitro groups is 1. The molecule has 2 rings (SSSR count). The number of rotatable bonds is 4. The molecule has 12 heteroatoms. The number of nitrogens with one attached hydrogen (secondary N) is 1. The summed E-state index contributed by atoms with van der Waals surface area (Å²) in [4.78, 5) is 21.3. The molecule has 6 nitrogen and oxygen atoms in total. The van der Waals surface area contributed by atoms with Crippen molar-refractivity contribution in [1.29, 1.82) is 0 Å². The first-order valence-electron chi connectivity index (χ1n) is 7.71. The lowest BCUT2D eigenvalue weighted by atomic mass is 9.89. The third-order valence-corrected chi connectivity index (χ3v) is 4.15. The lowest BCUT2D eigenvalue weighted by Crippen LogP contribution is -2.45. The number of hydrogen-bond donors (Lipinski definition) is 1. The third kappa shape index (κ3) is 4.49. The van der Waals surface area contributed by atoms with E-state index in [1.165, 1.54) is 6.92 Å². The van der Waals surface area contributed by atoms with Crippen LogP contribution in [0.3, 0.4) is 0 Å². The predicted molar refractivity (Wildman–Crippen MR) is 78.9 cm³/mol. The molecule has 1 heterocycles. The second kappa shape index (κ2) is 7.33. The topological polar surface area (TPSA) is 81.5 Å². The summed E-state index contributed by atoms with van der Waals surface area (Å²) in [5, 5.41) is 12.8. The highest BCUT2D eigenvalue weighted by atomic mass is 19.4. The predicted octanol–water partition coefficient (Wildman–Crippen LogP) is 3.55. The Bertz CT molecular complexity index is 734. The maximum absolute atomic E-state index is 13.3. The van der Waals surface area contributed by atoms with Crippen molar-refractivity contribution in [2.75, 3.05) is 6.61 Å². The zero-order valence-electron chi connectivity index (χ0n) is 13.7. The molecule has 1 fully saturated rings. The molecule has 0 saturated carbocycles.